The van der Waals surface area contributed by atoms with Crippen molar-refractivity contribution < 1.29 is 19.1 Å². The maximum Gasteiger partial charge on any atom is 0.337 e. The quantitative estimate of drug-likeness (QED) is 0.789. The van der Waals surface area contributed by atoms with E-state index in [4.69, 9.17) is 5.11 Å². The van der Waals surface area contributed by atoms with E-state index >= 15 is 0 Å². The molecule has 0 aliphatic carbocycles. The number of carboxylic acid groups (broad SMARTS) is 1. The molecule has 1 aliphatic rings. The largest absolute Gasteiger partial charge is 0.478 e. The molecule has 0 aromatic heterocycles. The standard InChI is InChI=1S/C14H17FN2O3/c1-14(6-3-7-16-8-14)13(20)17-11-9(12(18)19)4-2-5-10(11)15/h2,4-5,16H,3,6-8H2,1H3,(H,17,20)(H,18,19). The summed E-state index contributed by atoms with van der Waals surface area (Å²) in [5.74, 6) is -2.38. The van der Waals surface area contributed by atoms with Crippen molar-refractivity contribution in [1.29, 1.82) is 0 Å². The summed E-state index contributed by atoms with van der Waals surface area (Å²) in [5.41, 5.74) is -1.17. The Kier molecular flexibility index (Phi) is 4.04. The maximum absolute atomic E-state index is 13.8. The fraction of sp³-hybridized carbons (Fsp3) is 0.429. The first-order chi connectivity index (χ1) is 9.44. The van der Waals surface area contributed by atoms with E-state index < -0.39 is 17.2 Å². The lowest BCUT2D eigenvalue weighted by molar-refractivity contribution is -0.125. The monoisotopic (exact) mass is 280 g/mol. The predicted octanol–water partition coefficient (Wildman–Crippen LogP) is 1.85. The lowest BCUT2D eigenvalue weighted by atomic mass is 9.82. The minimum absolute atomic E-state index is 0.245. The lowest BCUT2D eigenvalue weighted by Crippen LogP contribution is -2.46. The van der Waals surface area contributed by atoms with Crippen LogP contribution in [0.5, 0.6) is 0 Å². The molecule has 1 amide bonds. The molecule has 0 radical (unpaired) electrons. The fourth-order valence-electron chi connectivity index (χ4n) is 2.34. The molecule has 20 heavy (non-hydrogen) atoms. The molecule has 1 heterocycles. The van der Waals surface area contributed by atoms with Crippen LogP contribution in [0.25, 0.3) is 0 Å². The average molecular weight is 280 g/mol. The topological polar surface area (TPSA) is 78.4 Å². The Morgan fingerprint density at radius 3 is 2.80 bits per heavy atom. The van der Waals surface area contributed by atoms with Gasteiger partial charge in [0, 0.05) is 6.54 Å². The number of para-hydroxylation sites is 1. The summed E-state index contributed by atoms with van der Waals surface area (Å²) in [6.45, 7) is 3.13. The summed E-state index contributed by atoms with van der Waals surface area (Å²) < 4.78 is 13.8. The molecule has 1 unspecified atom stereocenters. The van der Waals surface area contributed by atoms with Gasteiger partial charge in [-0.25, -0.2) is 9.18 Å². The summed E-state index contributed by atoms with van der Waals surface area (Å²) in [5, 5.41) is 14.6. The third kappa shape index (κ3) is 2.80. The van der Waals surface area contributed by atoms with Crippen LogP contribution in [0.2, 0.25) is 0 Å². The van der Waals surface area contributed by atoms with Gasteiger partial charge in [0.1, 0.15) is 5.82 Å². The number of aromatic carboxylic acids is 1. The van der Waals surface area contributed by atoms with Crippen molar-refractivity contribution in [3.8, 4) is 0 Å². The number of carbonyl (C=O) groups is 2. The second-order valence-electron chi connectivity index (χ2n) is 5.26. The van der Waals surface area contributed by atoms with Crippen molar-refractivity contribution in [2.24, 2.45) is 5.41 Å². The van der Waals surface area contributed by atoms with E-state index in [1.807, 2.05) is 0 Å². The zero-order valence-corrected chi connectivity index (χ0v) is 11.2. The van der Waals surface area contributed by atoms with Gasteiger partial charge in [0.2, 0.25) is 5.91 Å². The third-order valence-electron chi connectivity index (χ3n) is 3.63. The Bertz CT molecular complexity index is 539. The second-order valence-corrected chi connectivity index (χ2v) is 5.26. The van der Waals surface area contributed by atoms with E-state index in [-0.39, 0.29) is 17.2 Å². The van der Waals surface area contributed by atoms with E-state index in [2.05, 4.69) is 10.6 Å². The van der Waals surface area contributed by atoms with Crippen molar-refractivity contribution in [2.75, 3.05) is 18.4 Å². The molecule has 1 atom stereocenters. The fourth-order valence-corrected chi connectivity index (χ4v) is 2.34. The van der Waals surface area contributed by atoms with Crippen LogP contribution in [0.15, 0.2) is 18.2 Å². The lowest BCUT2D eigenvalue weighted by Gasteiger charge is -2.32. The highest BCUT2D eigenvalue weighted by Crippen LogP contribution is 2.29. The highest BCUT2D eigenvalue weighted by atomic mass is 19.1. The predicted molar refractivity (Wildman–Crippen MR) is 72.2 cm³/mol. The minimum Gasteiger partial charge on any atom is -0.478 e. The number of carbonyl (C=O) groups excluding carboxylic acids is 1. The number of carboxylic acids is 1. The molecule has 0 spiro atoms. The van der Waals surface area contributed by atoms with Crippen LogP contribution >= 0.6 is 0 Å². The first-order valence-electron chi connectivity index (χ1n) is 6.48. The van der Waals surface area contributed by atoms with Gasteiger partial charge in [-0.05, 0) is 38.4 Å². The van der Waals surface area contributed by atoms with Crippen LogP contribution in [0.1, 0.15) is 30.1 Å². The first kappa shape index (κ1) is 14.5. The van der Waals surface area contributed by atoms with Gasteiger partial charge in [-0.15, -0.1) is 0 Å². The highest BCUT2D eigenvalue weighted by molar-refractivity contribution is 6.02. The number of hydrogen-bond donors (Lipinski definition) is 3. The molecule has 3 N–H and O–H groups in total. The first-order valence-corrected chi connectivity index (χ1v) is 6.48. The molecular weight excluding hydrogens is 263 g/mol. The summed E-state index contributed by atoms with van der Waals surface area (Å²) in [4.78, 5) is 23.4. The zero-order valence-electron chi connectivity index (χ0n) is 11.2. The summed E-state index contributed by atoms with van der Waals surface area (Å²) in [6.07, 6.45) is 1.54. The van der Waals surface area contributed by atoms with Gasteiger partial charge in [-0.1, -0.05) is 6.07 Å². The van der Waals surface area contributed by atoms with Gasteiger partial charge in [0.15, 0.2) is 0 Å². The van der Waals surface area contributed by atoms with Crippen LogP contribution < -0.4 is 10.6 Å². The van der Waals surface area contributed by atoms with Gasteiger partial charge in [0.25, 0.3) is 0 Å². The Morgan fingerprint density at radius 2 is 2.20 bits per heavy atom. The molecule has 1 aromatic carbocycles. The molecule has 2 rings (SSSR count). The van der Waals surface area contributed by atoms with Crippen LogP contribution in [0, 0.1) is 11.2 Å². The van der Waals surface area contributed by atoms with Crippen LogP contribution in [-0.2, 0) is 4.79 Å². The number of halogens is 1. The van der Waals surface area contributed by atoms with E-state index in [9.17, 15) is 14.0 Å². The molecule has 1 aliphatic heterocycles. The number of amides is 1. The van der Waals surface area contributed by atoms with Gasteiger partial charge in [-0.3, -0.25) is 4.79 Å². The van der Waals surface area contributed by atoms with Crippen LogP contribution in [-0.4, -0.2) is 30.1 Å². The number of nitrogens with one attached hydrogen (secondary N) is 2. The van der Waals surface area contributed by atoms with Crippen molar-refractivity contribution in [3.05, 3.63) is 29.6 Å². The molecule has 0 saturated carbocycles. The molecular formula is C14H17FN2O3. The Hall–Kier alpha value is -1.95. The molecule has 6 heteroatoms. The van der Waals surface area contributed by atoms with Gasteiger partial charge >= 0.3 is 5.97 Å². The van der Waals surface area contributed by atoms with Gasteiger partial charge in [0.05, 0.1) is 16.7 Å². The van der Waals surface area contributed by atoms with Crippen molar-refractivity contribution in [2.45, 2.75) is 19.8 Å². The summed E-state index contributed by atoms with van der Waals surface area (Å²) in [7, 11) is 0. The Balaban J connectivity index is 2.25. The molecule has 1 saturated heterocycles. The number of benzene rings is 1. The van der Waals surface area contributed by atoms with E-state index in [0.717, 1.165) is 19.0 Å². The second kappa shape index (κ2) is 5.58. The minimum atomic E-state index is -1.27. The van der Waals surface area contributed by atoms with Gasteiger partial charge < -0.3 is 15.7 Å². The summed E-state index contributed by atoms with van der Waals surface area (Å²) >= 11 is 0. The Morgan fingerprint density at radius 1 is 1.45 bits per heavy atom. The molecule has 1 aromatic rings. The number of anilines is 1. The SMILES string of the molecule is CC1(C(=O)Nc2c(F)cccc2C(=O)O)CCCNC1. The number of piperidine rings is 1. The number of hydrogen-bond acceptors (Lipinski definition) is 3. The van der Waals surface area contributed by atoms with E-state index in [1.54, 1.807) is 6.92 Å². The average Bonchev–Trinajstić information content (AvgIpc) is 2.41. The number of rotatable bonds is 3. The summed E-state index contributed by atoms with van der Waals surface area (Å²) in [6, 6.07) is 3.70. The van der Waals surface area contributed by atoms with Crippen molar-refractivity contribution in [1.82, 2.24) is 5.32 Å². The smallest absolute Gasteiger partial charge is 0.337 e. The zero-order chi connectivity index (χ0) is 14.8. The highest BCUT2D eigenvalue weighted by Gasteiger charge is 2.35. The maximum atomic E-state index is 13.8. The van der Waals surface area contributed by atoms with Crippen LogP contribution in [0.4, 0.5) is 10.1 Å². The van der Waals surface area contributed by atoms with Crippen molar-refractivity contribution in [3.63, 3.8) is 0 Å². The molecule has 1 fully saturated rings. The molecule has 5 nitrogen and oxygen atoms in total. The molecule has 108 valence electrons. The normalized spacial score (nSPS) is 22.3. The van der Waals surface area contributed by atoms with Crippen molar-refractivity contribution >= 4 is 17.6 Å². The van der Waals surface area contributed by atoms with E-state index in [1.165, 1.54) is 12.1 Å². The van der Waals surface area contributed by atoms with E-state index in [0.29, 0.717) is 13.0 Å². The third-order valence-corrected chi connectivity index (χ3v) is 3.63. The molecule has 0 bridgehead atoms. The van der Waals surface area contributed by atoms with Gasteiger partial charge in [-0.2, -0.15) is 0 Å². The Labute approximate surface area is 116 Å². The van der Waals surface area contributed by atoms with Crippen LogP contribution in [0.3, 0.4) is 0 Å².